The standard InChI is InChI=1S/C29H26F3NO5/c1-4-37-20-13-14-22(23(16-20)38-5-2)26(34)24-25(21-12-7-6-9-17(21)3)33(28(36)27(24)35)19-11-8-10-18(15-19)29(30,31)32/h6-16,25,34H,4-5H2,1-3H3/b26-24+. The maximum absolute atomic E-state index is 13.5. The molecule has 1 heterocycles. The number of anilines is 1. The van der Waals surface area contributed by atoms with Gasteiger partial charge in [0.1, 0.15) is 17.3 Å². The van der Waals surface area contributed by atoms with Gasteiger partial charge in [-0.25, -0.2) is 0 Å². The molecule has 4 rings (SSSR count). The highest BCUT2D eigenvalue weighted by Crippen LogP contribution is 2.45. The number of halogens is 3. The maximum Gasteiger partial charge on any atom is 0.416 e. The minimum atomic E-state index is -4.66. The Bertz CT molecular complexity index is 1410. The van der Waals surface area contributed by atoms with Crippen molar-refractivity contribution in [2.75, 3.05) is 18.1 Å². The fourth-order valence-corrected chi connectivity index (χ4v) is 4.49. The zero-order valence-corrected chi connectivity index (χ0v) is 21.0. The molecule has 0 bridgehead atoms. The lowest BCUT2D eigenvalue weighted by atomic mass is 9.92. The number of alkyl halides is 3. The van der Waals surface area contributed by atoms with Gasteiger partial charge >= 0.3 is 6.18 Å². The molecule has 9 heteroatoms. The van der Waals surface area contributed by atoms with E-state index in [2.05, 4.69) is 0 Å². The van der Waals surface area contributed by atoms with Gasteiger partial charge in [0.15, 0.2) is 0 Å². The van der Waals surface area contributed by atoms with Crippen molar-refractivity contribution < 1.29 is 37.3 Å². The van der Waals surface area contributed by atoms with Crippen molar-refractivity contribution in [2.45, 2.75) is 33.0 Å². The summed E-state index contributed by atoms with van der Waals surface area (Å²) in [4.78, 5) is 27.8. The van der Waals surface area contributed by atoms with Gasteiger partial charge in [-0.05, 0) is 62.2 Å². The number of hydrogen-bond donors (Lipinski definition) is 1. The van der Waals surface area contributed by atoms with Crippen LogP contribution in [0, 0.1) is 6.92 Å². The number of hydrogen-bond acceptors (Lipinski definition) is 5. The Hall–Kier alpha value is -4.27. The van der Waals surface area contributed by atoms with Gasteiger partial charge in [-0.1, -0.05) is 30.3 Å². The van der Waals surface area contributed by atoms with Crippen molar-refractivity contribution in [1.29, 1.82) is 0 Å². The predicted molar refractivity (Wildman–Crippen MR) is 136 cm³/mol. The molecule has 0 spiro atoms. The predicted octanol–water partition coefficient (Wildman–Crippen LogP) is 6.44. The van der Waals surface area contributed by atoms with Crippen molar-refractivity contribution in [3.05, 3.63) is 94.6 Å². The van der Waals surface area contributed by atoms with Gasteiger partial charge in [-0.3, -0.25) is 14.5 Å². The highest BCUT2D eigenvalue weighted by atomic mass is 19.4. The highest BCUT2D eigenvalue weighted by molar-refractivity contribution is 6.51. The Labute approximate surface area is 217 Å². The quantitative estimate of drug-likeness (QED) is 0.218. The summed E-state index contributed by atoms with van der Waals surface area (Å²) in [5, 5.41) is 11.5. The average Bonchev–Trinajstić information content (AvgIpc) is 3.14. The number of aryl methyl sites for hydroxylation is 1. The van der Waals surface area contributed by atoms with Crippen LogP contribution in [0.1, 0.15) is 42.1 Å². The largest absolute Gasteiger partial charge is 0.507 e. The van der Waals surface area contributed by atoms with Gasteiger partial charge in [-0.15, -0.1) is 0 Å². The summed E-state index contributed by atoms with van der Waals surface area (Å²) >= 11 is 0. The summed E-state index contributed by atoms with van der Waals surface area (Å²) < 4.78 is 51.7. The number of nitrogens with zero attached hydrogens (tertiary/aromatic N) is 1. The first-order chi connectivity index (χ1) is 18.1. The van der Waals surface area contributed by atoms with Crippen LogP contribution in [0.5, 0.6) is 11.5 Å². The van der Waals surface area contributed by atoms with Crippen LogP contribution < -0.4 is 14.4 Å². The first kappa shape index (κ1) is 26.8. The number of Topliss-reactive ketones (excluding diaryl/α,β-unsaturated/α-hetero) is 1. The summed E-state index contributed by atoms with van der Waals surface area (Å²) in [5.74, 6) is -1.87. The van der Waals surface area contributed by atoms with Crippen LogP contribution in [0.4, 0.5) is 18.9 Å². The first-order valence-electron chi connectivity index (χ1n) is 12.0. The van der Waals surface area contributed by atoms with E-state index in [-0.39, 0.29) is 29.2 Å². The zero-order valence-electron chi connectivity index (χ0n) is 21.0. The van der Waals surface area contributed by atoms with E-state index in [1.165, 1.54) is 18.2 Å². The molecule has 1 saturated heterocycles. The molecule has 1 fully saturated rings. The molecule has 1 atom stereocenters. The Morgan fingerprint density at radius 2 is 1.66 bits per heavy atom. The molecule has 1 aliphatic rings. The van der Waals surface area contributed by atoms with E-state index < -0.39 is 35.2 Å². The number of aliphatic hydroxyl groups is 1. The maximum atomic E-state index is 13.5. The highest BCUT2D eigenvalue weighted by Gasteiger charge is 2.48. The molecule has 0 saturated carbocycles. The molecule has 1 amide bonds. The number of rotatable bonds is 7. The Morgan fingerprint density at radius 3 is 2.32 bits per heavy atom. The molecule has 0 radical (unpaired) electrons. The van der Waals surface area contributed by atoms with E-state index in [0.717, 1.165) is 17.0 Å². The molecule has 3 aromatic rings. The average molecular weight is 526 g/mol. The van der Waals surface area contributed by atoms with Crippen LogP contribution in [0.3, 0.4) is 0 Å². The van der Waals surface area contributed by atoms with Crippen LogP contribution in [-0.2, 0) is 15.8 Å². The van der Waals surface area contributed by atoms with Crippen LogP contribution in [0.2, 0.25) is 0 Å². The second-order valence-electron chi connectivity index (χ2n) is 8.60. The van der Waals surface area contributed by atoms with E-state index in [1.807, 2.05) is 6.92 Å². The first-order valence-corrected chi connectivity index (χ1v) is 12.0. The molecule has 3 aromatic carbocycles. The normalized spacial score (nSPS) is 17.1. The third-order valence-corrected chi connectivity index (χ3v) is 6.20. The van der Waals surface area contributed by atoms with E-state index in [1.54, 1.807) is 50.2 Å². The van der Waals surface area contributed by atoms with Crippen LogP contribution >= 0.6 is 0 Å². The molecular weight excluding hydrogens is 499 g/mol. The molecule has 6 nitrogen and oxygen atoms in total. The third-order valence-electron chi connectivity index (χ3n) is 6.20. The lowest BCUT2D eigenvalue weighted by Gasteiger charge is -2.27. The SMILES string of the molecule is CCOc1ccc(/C(O)=C2\C(=O)C(=O)N(c3cccc(C(F)(F)F)c3)C2c2ccccc2C)c(OCC)c1. The number of amides is 1. The van der Waals surface area contributed by atoms with Crippen molar-refractivity contribution in [2.24, 2.45) is 0 Å². The van der Waals surface area contributed by atoms with Gasteiger partial charge in [0.05, 0.1) is 36.0 Å². The van der Waals surface area contributed by atoms with Gasteiger partial charge in [0.25, 0.3) is 11.7 Å². The van der Waals surface area contributed by atoms with Gasteiger partial charge in [0, 0.05) is 11.8 Å². The van der Waals surface area contributed by atoms with Crippen molar-refractivity contribution in [1.82, 2.24) is 0 Å². The number of benzene rings is 3. The number of ether oxygens (including phenoxy) is 2. The van der Waals surface area contributed by atoms with Gasteiger partial charge < -0.3 is 14.6 Å². The number of carbonyl (C=O) groups is 2. The van der Waals surface area contributed by atoms with Crippen LogP contribution in [0.15, 0.2) is 72.3 Å². The van der Waals surface area contributed by atoms with Crippen LogP contribution in [-0.4, -0.2) is 30.0 Å². The molecule has 0 aliphatic carbocycles. The molecule has 198 valence electrons. The fraction of sp³-hybridized carbons (Fsp3) is 0.241. The minimum Gasteiger partial charge on any atom is -0.507 e. The van der Waals surface area contributed by atoms with E-state index in [4.69, 9.17) is 9.47 Å². The van der Waals surface area contributed by atoms with E-state index in [9.17, 15) is 27.9 Å². The smallest absolute Gasteiger partial charge is 0.416 e. The van der Waals surface area contributed by atoms with Crippen LogP contribution in [0.25, 0.3) is 5.76 Å². The number of aliphatic hydroxyl groups excluding tert-OH is 1. The van der Waals surface area contributed by atoms with Gasteiger partial charge in [0.2, 0.25) is 0 Å². The second-order valence-corrected chi connectivity index (χ2v) is 8.60. The van der Waals surface area contributed by atoms with E-state index in [0.29, 0.717) is 23.5 Å². The monoisotopic (exact) mass is 525 g/mol. The summed E-state index contributed by atoms with van der Waals surface area (Å²) in [6.07, 6.45) is -4.66. The second kappa shape index (κ2) is 10.6. The summed E-state index contributed by atoms with van der Waals surface area (Å²) in [5.41, 5.74) is -0.0344. The fourth-order valence-electron chi connectivity index (χ4n) is 4.49. The summed E-state index contributed by atoms with van der Waals surface area (Å²) in [6.45, 7) is 5.95. The number of carbonyl (C=O) groups excluding carboxylic acids is 2. The lowest BCUT2D eigenvalue weighted by Crippen LogP contribution is -2.30. The van der Waals surface area contributed by atoms with Crippen molar-refractivity contribution in [3.63, 3.8) is 0 Å². The molecule has 38 heavy (non-hydrogen) atoms. The molecule has 1 unspecified atom stereocenters. The minimum absolute atomic E-state index is 0.119. The van der Waals surface area contributed by atoms with E-state index >= 15 is 0 Å². The lowest BCUT2D eigenvalue weighted by molar-refractivity contribution is -0.137. The zero-order chi connectivity index (χ0) is 27.6. The van der Waals surface area contributed by atoms with Crippen molar-refractivity contribution >= 4 is 23.1 Å². The Morgan fingerprint density at radius 1 is 0.947 bits per heavy atom. The molecular formula is C29H26F3NO5. The Balaban J connectivity index is 1.97. The molecule has 1 aliphatic heterocycles. The van der Waals surface area contributed by atoms with Gasteiger partial charge in [-0.2, -0.15) is 13.2 Å². The third kappa shape index (κ3) is 4.96. The summed E-state index contributed by atoms with van der Waals surface area (Å²) in [7, 11) is 0. The van der Waals surface area contributed by atoms with Crippen molar-refractivity contribution in [3.8, 4) is 11.5 Å². The topological polar surface area (TPSA) is 76.1 Å². The molecule has 1 N–H and O–H groups in total. The molecule has 0 aromatic heterocycles. The Kier molecular flexibility index (Phi) is 7.48. The number of ketones is 1. The summed E-state index contributed by atoms with van der Waals surface area (Å²) in [6, 6.07) is 14.6.